The summed E-state index contributed by atoms with van der Waals surface area (Å²) in [4.78, 5) is 0. The summed E-state index contributed by atoms with van der Waals surface area (Å²) in [6, 6.07) is 11.5. The molecule has 7 heteroatoms. The van der Waals surface area contributed by atoms with Gasteiger partial charge in [0.2, 0.25) is 0 Å². The molecule has 3 aromatic rings. The van der Waals surface area contributed by atoms with Gasteiger partial charge in [-0.25, -0.2) is 13.2 Å². The lowest BCUT2D eigenvalue weighted by molar-refractivity contribution is -0.275. The molecule has 32 heavy (non-hydrogen) atoms. The van der Waals surface area contributed by atoms with Crippen LogP contribution in [0.25, 0.3) is 16.7 Å². The van der Waals surface area contributed by atoms with Crippen LogP contribution in [0, 0.1) is 17.5 Å². The zero-order valence-electron chi connectivity index (χ0n) is 17.0. The van der Waals surface area contributed by atoms with Crippen molar-refractivity contribution in [3.8, 4) is 16.9 Å². The quantitative estimate of drug-likeness (QED) is 0.378. The minimum absolute atomic E-state index is 0.209. The van der Waals surface area contributed by atoms with Gasteiger partial charge in [0.1, 0.15) is 11.6 Å². The monoisotopic (exact) mass is 448 g/mol. The summed E-state index contributed by atoms with van der Waals surface area (Å²) in [7, 11) is 0. The van der Waals surface area contributed by atoms with Crippen LogP contribution < -0.4 is 4.74 Å². The molecule has 3 aromatic carbocycles. The molecule has 0 fully saturated rings. The van der Waals surface area contributed by atoms with Crippen molar-refractivity contribution < 1.29 is 31.1 Å². The van der Waals surface area contributed by atoms with Crippen molar-refractivity contribution in [2.75, 3.05) is 0 Å². The van der Waals surface area contributed by atoms with Gasteiger partial charge in [0.05, 0.1) is 5.56 Å². The molecular formula is C25H18F6O. The van der Waals surface area contributed by atoms with Crippen LogP contribution in [-0.4, -0.2) is 6.36 Å². The van der Waals surface area contributed by atoms with Crippen molar-refractivity contribution in [3.05, 3.63) is 94.3 Å². The third-order valence-electron chi connectivity index (χ3n) is 5.52. The molecule has 1 aliphatic rings. The van der Waals surface area contributed by atoms with Gasteiger partial charge in [0.15, 0.2) is 11.6 Å². The van der Waals surface area contributed by atoms with Crippen molar-refractivity contribution >= 4 is 5.57 Å². The molecule has 0 spiro atoms. The second kappa shape index (κ2) is 8.37. The molecule has 0 unspecified atom stereocenters. The normalized spacial score (nSPS) is 13.5. The lowest BCUT2D eigenvalue weighted by atomic mass is 9.85. The predicted molar refractivity (Wildman–Crippen MR) is 110 cm³/mol. The Morgan fingerprint density at radius 1 is 0.875 bits per heavy atom. The summed E-state index contributed by atoms with van der Waals surface area (Å²) >= 11 is 0. The predicted octanol–water partition coefficient (Wildman–Crippen LogP) is 7.41. The van der Waals surface area contributed by atoms with Crippen molar-refractivity contribution in [3.63, 3.8) is 0 Å². The number of halogens is 6. The van der Waals surface area contributed by atoms with Crippen molar-refractivity contribution in [2.45, 2.75) is 32.5 Å². The molecule has 1 nitrogen and oxygen atoms in total. The first-order valence-electron chi connectivity index (χ1n) is 10.00. The van der Waals surface area contributed by atoms with Crippen LogP contribution in [0.2, 0.25) is 0 Å². The number of rotatable bonds is 4. The molecule has 0 aromatic heterocycles. The lowest BCUT2D eigenvalue weighted by Gasteiger charge is -2.21. The van der Waals surface area contributed by atoms with Crippen molar-refractivity contribution in [2.24, 2.45) is 0 Å². The molecule has 4 rings (SSSR count). The molecule has 0 N–H and O–H groups in total. The first-order valence-corrected chi connectivity index (χ1v) is 10.00. The van der Waals surface area contributed by atoms with E-state index in [1.54, 1.807) is 0 Å². The van der Waals surface area contributed by atoms with Gasteiger partial charge in [-0.3, -0.25) is 0 Å². The highest BCUT2D eigenvalue weighted by Gasteiger charge is 2.32. The molecule has 0 bridgehead atoms. The Hall–Kier alpha value is -3.22. The highest BCUT2D eigenvalue weighted by molar-refractivity contribution is 5.74. The molecule has 166 valence electrons. The maximum Gasteiger partial charge on any atom is 0.573 e. The molecule has 0 aliphatic heterocycles. The topological polar surface area (TPSA) is 9.23 Å². The molecule has 0 amide bonds. The minimum Gasteiger partial charge on any atom is -0.403 e. The Morgan fingerprint density at radius 3 is 2.19 bits per heavy atom. The van der Waals surface area contributed by atoms with E-state index < -0.39 is 35.1 Å². The summed E-state index contributed by atoms with van der Waals surface area (Å²) in [6.07, 6.45) is -1.75. The van der Waals surface area contributed by atoms with Crippen LogP contribution in [-0.2, 0) is 19.3 Å². The van der Waals surface area contributed by atoms with Crippen LogP contribution in [0.5, 0.6) is 5.75 Å². The lowest BCUT2D eigenvalue weighted by Crippen LogP contribution is -2.18. The zero-order valence-corrected chi connectivity index (χ0v) is 17.0. The number of ether oxygens (including phenoxy) is 1. The largest absolute Gasteiger partial charge is 0.573 e. The molecule has 1 aliphatic carbocycles. The Balaban J connectivity index is 1.67. The van der Waals surface area contributed by atoms with Gasteiger partial charge in [0.25, 0.3) is 0 Å². The van der Waals surface area contributed by atoms with E-state index in [4.69, 9.17) is 0 Å². The highest BCUT2D eigenvalue weighted by Crippen LogP contribution is 2.37. The van der Waals surface area contributed by atoms with Gasteiger partial charge in [0, 0.05) is 0 Å². The number of fused-ring (bicyclic) bond motifs is 1. The van der Waals surface area contributed by atoms with Crippen LogP contribution >= 0.6 is 0 Å². The summed E-state index contributed by atoms with van der Waals surface area (Å²) in [6.45, 7) is 2.05. The second-order valence-corrected chi connectivity index (χ2v) is 7.54. The minimum atomic E-state index is -5.08. The zero-order chi connectivity index (χ0) is 23.0. The number of aryl methyl sites for hydroxylation is 1. The Labute approximate surface area is 181 Å². The average molecular weight is 448 g/mol. The second-order valence-electron chi connectivity index (χ2n) is 7.54. The van der Waals surface area contributed by atoms with Crippen LogP contribution in [0.1, 0.15) is 29.2 Å². The van der Waals surface area contributed by atoms with E-state index in [0.29, 0.717) is 24.1 Å². The smallest absolute Gasteiger partial charge is 0.403 e. The number of allylic oxidation sites excluding steroid dienone is 2. The van der Waals surface area contributed by atoms with E-state index in [2.05, 4.69) is 11.7 Å². The van der Waals surface area contributed by atoms with Crippen LogP contribution in [0.3, 0.4) is 0 Å². The summed E-state index contributed by atoms with van der Waals surface area (Å²) in [5.74, 6) is -4.19. The van der Waals surface area contributed by atoms with E-state index in [9.17, 15) is 22.0 Å². The number of benzene rings is 3. The maximum absolute atomic E-state index is 15.2. The average Bonchev–Trinajstić information content (AvgIpc) is 2.74. The van der Waals surface area contributed by atoms with Gasteiger partial charge in [-0.15, -0.1) is 13.2 Å². The van der Waals surface area contributed by atoms with E-state index in [1.165, 1.54) is 11.6 Å². The third kappa shape index (κ3) is 4.38. The molecule has 0 saturated heterocycles. The maximum atomic E-state index is 15.2. The van der Waals surface area contributed by atoms with E-state index in [-0.39, 0.29) is 17.5 Å². The first kappa shape index (κ1) is 22.0. The van der Waals surface area contributed by atoms with Gasteiger partial charge in [-0.2, -0.15) is 0 Å². The van der Waals surface area contributed by atoms with E-state index in [1.807, 2.05) is 30.3 Å². The van der Waals surface area contributed by atoms with Crippen LogP contribution in [0.4, 0.5) is 26.3 Å². The Morgan fingerprint density at radius 2 is 1.56 bits per heavy atom. The fraction of sp³-hybridized carbons (Fsp3) is 0.200. The molecule has 0 atom stereocenters. The number of hydrogen-bond donors (Lipinski definition) is 0. The molecule has 0 saturated carbocycles. The summed E-state index contributed by atoms with van der Waals surface area (Å²) in [5, 5.41) is 0. The van der Waals surface area contributed by atoms with Crippen molar-refractivity contribution in [1.29, 1.82) is 0 Å². The molecule has 0 heterocycles. The van der Waals surface area contributed by atoms with Crippen molar-refractivity contribution in [1.82, 2.24) is 0 Å². The Kier molecular flexibility index (Phi) is 5.75. The third-order valence-corrected chi connectivity index (χ3v) is 5.52. The molecule has 0 radical (unpaired) electrons. The fourth-order valence-corrected chi connectivity index (χ4v) is 3.89. The van der Waals surface area contributed by atoms with E-state index in [0.717, 1.165) is 23.6 Å². The number of hydrogen-bond acceptors (Lipinski definition) is 1. The summed E-state index contributed by atoms with van der Waals surface area (Å²) < 4.78 is 84.8. The van der Waals surface area contributed by atoms with Gasteiger partial charge in [-0.05, 0) is 70.9 Å². The SMILES string of the molecule is CCc1ccc(C2=CCc3c(cc(F)c(-c4ccc(OC(F)(F)F)c(F)c4)c3F)C2)cc1. The van der Waals surface area contributed by atoms with Crippen LogP contribution in [0.15, 0.2) is 54.6 Å². The first-order chi connectivity index (χ1) is 15.2. The van der Waals surface area contributed by atoms with E-state index >= 15 is 4.39 Å². The fourth-order valence-electron chi connectivity index (χ4n) is 3.89. The highest BCUT2D eigenvalue weighted by atomic mass is 19.4. The Bertz CT molecular complexity index is 1190. The summed E-state index contributed by atoms with van der Waals surface area (Å²) in [5.41, 5.74) is 3.19. The number of alkyl halides is 3. The van der Waals surface area contributed by atoms with Gasteiger partial charge < -0.3 is 4.74 Å². The molecular weight excluding hydrogens is 430 g/mol. The standard InChI is InChI=1S/C25H18F6O/c1-2-14-3-5-15(6-4-14)16-7-9-19-18(11-16)13-21(27)23(24(19)28)17-8-10-22(20(26)12-17)32-25(29,30)31/h3-8,10,12-13H,2,9,11H2,1H3. The van der Waals surface area contributed by atoms with Gasteiger partial charge in [-0.1, -0.05) is 43.3 Å². The van der Waals surface area contributed by atoms with Gasteiger partial charge >= 0.3 is 6.36 Å².